The SMILES string of the molecule is COc1ccc(C(CNC(=O)Nc2ccccc2-n2c(C)c[nH]c2=O)N(C)C)cc1. The van der Waals surface area contributed by atoms with Gasteiger partial charge in [0.2, 0.25) is 0 Å². The second-order valence-electron chi connectivity index (χ2n) is 7.18. The number of nitrogens with one attached hydrogen (secondary N) is 3. The molecule has 30 heavy (non-hydrogen) atoms. The molecule has 2 aromatic carbocycles. The second-order valence-corrected chi connectivity index (χ2v) is 7.18. The Hall–Kier alpha value is -3.52. The van der Waals surface area contributed by atoms with E-state index in [1.54, 1.807) is 25.4 Å². The van der Waals surface area contributed by atoms with E-state index in [2.05, 4.69) is 15.6 Å². The number of para-hydroxylation sites is 2. The number of amides is 2. The van der Waals surface area contributed by atoms with Gasteiger partial charge in [-0.1, -0.05) is 24.3 Å². The number of carbonyl (C=O) groups excluding carboxylic acids is 1. The summed E-state index contributed by atoms with van der Waals surface area (Å²) >= 11 is 0. The maximum atomic E-state index is 12.6. The van der Waals surface area contributed by atoms with Crippen molar-refractivity contribution in [1.82, 2.24) is 19.8 Å². The molecule has 1 aromatic heterocycles. The van der Waals surface area contributed by atoms with Gasteiger partial charge >= 0.3 is 11.7 Å². The number of aryl methyl sites for hydroxylation is 1. The highest BCUT2D eigenvalue weighted by Gasteiger charge is 2.17. The van der Waals surface area contributed by atoms with Crippen molar-refractivity contribution in [3.8, 4) is 11.4 Å². The number of hydrogen-bond acceptors (Lipinski definition) is 4. The highest BCUT2D eigenvalue weighted by Crippen LogP contribution is 2.22. The van der Waals surface area contributed by atoms with Crippen LogP contribution in [0.15, 0.2) is 59.5 Å². The van der Waals surface area contributed by atoms with E-state index >= 15 is 0 Å². The van der Waals surface area contributed by atoms with E-state index in [1.165, 1.54) is 4.57 Å². The standard InChI is InChI=1S/C22H27N5O3/c1-15-13-24-22(29)27(15)19-8-6-5-7-18(19)25-21(28)23-14-20(26(2)3)16-9-11-17(30-4)12-10-16/h5-13,20H,14H2,1-4H3,(H,24,29)(H2,23,25,28). The lowest BCUT2D eigenvalue weighted by Crippen LogP contribution is -2.37. The molecule has 158 valence electrons. The maximum absolute atomic E-state index is 12.6. The number of urea groups is 1. The van der Waals surface area contributed by atoms with Crippen LogP contribution < -0.4 is 21.1 Å². The number of imidazole rings is 1. The molecule has 0 aliphatic carbocycles. The predicted molar refractivity (Wildman–Crippen MR) is 118 cm³/mol. The fourth-order valence-corrected chi connectivity index (χ4v) is 3.31. The zero-order valence-corrected chi connectivity index (χ0v) is 17.6. The van der Waals surface area contributed by atoms with Gasteiger partial charge in [0.25, 0.3) is 0 Å². The molecule has 0 saturated carbocycles. The van der Waals surface area contributed by atoms with Gasteiger partial charge in [-0.25, -0.2) is 9.59 Å². The zero-order valence-electron chi connectivity index (χ0n) is 17.6. The number of benzene rings is 2. The van der Waals surface area contributed by atoms with E-state index in [1.807, 2.05) is 62.3 Å². The molecule has 0 aliphatic rings. The Morgan fingerprint density at radius 3 is 2.47 bits per heavy atom. The van der Waals surface area contributed by atoms with E-state index in [0.29, 0.717) is 17.9 Å². The van der Waals surface area contributed by atoms with Gasteiger partial charge in [0.1, 0.15) is 5.75 Å². The van der Waals surface area contributed by atoms with Crippen molar-refractivity contribution in [3.63, 3.8) is 0 Å². The van der Waals surface area contributed by atoms with Gasteiger partial charge in [-0.3, -0.25) is 4.57 Å². The van der Waals surface area contributed by atoms with Gasteiger partial charge in [0.15, 0.2) is 0 Å². The third kappa shape index (κ3) is 4.72. The summed E-state index contributed by atoms with van der Waals surface area (Å²) in [6.07, 6.45) is 1.63. The number of nitrogens with zero attached hydrogens (tertiary/aromatic N) is 2. The third-order valence-corrected chi connectivity index (χ3v) is 4.93. The van der Waals surface area contributed by atoms with Gasteiger partial charge < -0.3 is 25.3 Å². The summed E-state index contributed by atoms with van der Waals surface area (Å²) in [5, 5.41) is 5.78. The molecule has 8 nitrogen and oxygen atoms in total. The number of H-pyrrole nitrogens is 1. The molecule has 1 heterocycles. The molecule has 3 N–H and O–H groups in total. The van der Waals surface area contributed by atoms with E-state index < -0.39 is 0 Å². The van der Waals surface area contributed by atoms with Crippen LogP contribution in [0.5, 0.6) is 5.75 Å². The summed E-state index contributed by atoms with van der Waals surface area (Å²) in [4.78, 5) is 29.4. The molecule has 1 atom stereocenters. The van der Waals surface area contributed by atoms with Crippen molar-refractivity contribution in [2.45, 2.75) is 13.0 Å². The second kappa shape index (κ2) is 9.32. The highest BCUT2D eigenvalue weighted by atomic mass is 16.5. The van der Waals surface area contributed by atoms with Crippen molar-refractivity contribution < 1.29 is 9.53 Å². The lowest BCUT2D eigenvalue weighted by molar-refractivity contribution is 0.243. The van der Waals surface area contributed by atoms with Crippen molar-refractivity contribution in [2.75, 3.05) is 33.1 Å². The number of rotatable bonds is 7. The first-order valence-electron chi connectivity index (χ1n) is 9.62. The molecule has 8 heteroatoms. The van der Waals surface area contributed by atoms with E-state index in [0.717, 1.165) is 17.0 Å². The van der Waals surface area contributed by atoms with E-state index in [4.69, 9.17) is 4.74 Å². The molecular formula is C22H27N5O3. The molecule has 0 saturated heterocycles. The van der Waals surface area contributed by atoms with Crippen LogP contribution in [0.1, 0.15) is 17.3 Å². The molecule has 3 rings (SSSR count). The summed E-state index contributed by atoms with van der Waals surface area (Å²) < 4.78 is 6.74. The lowest BCUT2D eigenvalue weighted by atomic mass is 10.1. The summed E-state index contributed by atoms with van der Waals surface area (Å²) in [6, 6.07) is 14.6. The summed E-state index contributed by atoms with van der Waals surface area (Å²) in [5.41, 5.74) is 2.72. The van der Waals surface area contributed by atoms with Crippen LogP contribution in [0, 0.1) is 6.92 Å². The monoisotopic (exact) mass is 409 g/mol. The smallest absolute Gasteiger partial charge is 0.330 e. The average molecular weight is 409 g/mol. The minimum atomic E-state index is -0.343. The van der Waals surface area contributed by atoms with Crippen LogP contribution in [0.25, 0.3) is 5.69 Å². The lowest BCUT2D eigenvalue weighted by Gasteiger charge is -2.25. The van der Waals surface area contributed by atoms with Crippen molar-refractivity contribution in [2.24, 2.45) is 0 Å². The number of ether oxygens (including phenoxy) is 1. The summed E-state index contributed by atoms with van der Waals surface area (Å²) in [6.45, 7) is 2.24. The Morgan fingerprint density at radius 2 is 1.87 bits per heavy atom. The number of anilines is 1. The fraction of sp³-hybridized carbons (Fsp3) is 0.273. The Kier molecular flexibility index (Phi) is 6.58. The van der Waals surface area contributed by atoms with Crippen LogP contribution in [0.2, 0.25) is 0 Å². The Bertz CT molecular complexity index is 1050. The highest BCUT2D eigenvalue weighted by molar-refractivity contribution is 5.91. The third-order valence-electron chi connectivity index (χ3n) is 4.93. The number of hydrogen-bond donors (Lipinski definition) is 3. The average Bonchev–Trinajstić information content (AvgIpc) is 3.07. The first kappa shape index (κ1) is 21.2. The minimum absolute atomic E-state index is 0.00793. The molecule has 0 fully saturated rings. The molecule has 0 bridgehead atoms. The van der Waals surface area contributed by atoms with Crippen molar-refractivity contribution >= 4 is 11.7 Å². The molecule has 0 radical (unpaired) electrons. The maximum Gasteiger partial charge on any atom is 0.330 e. The summed E-state index contributed by atoms with van der Waals surface area (Å²) in [7, 11) is 5.56. The van der Waals surface area contributed by atoms with Gasteiger partial charge in [0, 0.05) is 18.4 Å². The van der Waals surface area contributed by atoms with Crippen molar-refractivity contribution in [3.05, 3.63) is 76.5 Å². The van der Waals surface area contributed by atoms with Crippen LogP contribution >= 0.6 is 0 Å². The molecule has 0 aliphatic heterocycles. The topological polar surface area (TPSA) is 91.4 Å². The van der Waals surface area contributed by atoms with Gasteiger partial charge in [-0.15, -0.1) is 0 Å². The van der Waals surface area contributed by atoms with E-state index in [-0.39, 0.29) is 17.8 Å². The van der Waals surface area contributed by atoms with Gasteiger partial charge in [-0.2, -0.15) is 0 Å². The largest absolute Gasteiger partial charge is 0.497 e. The Labute approximate surface area is 175 Å². The first-order chi connectivity index (χ1) is 14.4. The van der Waals surface area contributed by atoms with Gasteiger partial charge in [-0.05, 0) is 50.8 Å². The Morgan fingerprint density at radius 1 is 1.17 bits per heavy atom. The zero-order chi connectivity index (χ0) is 21.7. The first-order valence-corrected chi connectivity index (χ1v) is 9.62. The number of likely N-dealkylation sites (N-methyl/N-ethyl adjacent to an activating group) is 1. The molecular weight excluding hydrogens is 382 g/mol. The van der Waals surface area contributed by atoms with Crippen LogP contribution in [0.4, 0.5) is 10.5 Å². The normalized spacial score (nSPS) is 11.9. The fourth-order valence-electron chi connectivity index (χ4n) is 3.31. The number of methoxy groups -OCH3 is 1. The quantitative estimate of drug-likeness (QED) is 0.560. The number of carbonyl (C=O) groups is 1. The van der Waals surface area contributed by atoms with E-state index in [9.17, 15) is 9.59 Å². The van der Waals surface area contributed by atoms with Crippen molar-refractivity contribution in [1.29, 1.82) is 0 Å². The molecule has 1 unspecified atom stereocenters. The van der Waals surface area contributed by atoms with Crippen LogP contribution in [0.3, 0.4) is 0 Å². The Balaban J connectivity index is 1.72. The number of aromatic nitrogens is 2. The number of aromatic amines is 1. The minimum Gasteiger partial charge on any atom is -0.497 e. The molecule has 0 spiro atoms. The molecule has 2 amide bonds. The summed E-state index contributed by atoms with van der Waals surface area (Å²) in [5.74, 6) is 0.786. The van der Waals surface area contributed by atoms with Crippen LogP contribution in [-0.4, -0.2) is 48.2 Å². The predicted octanol–water partition coefficient (Wildman–Crippen LogP) is 2.91. The molecule has 3 aromatic rings. The van der Waals surface area contributed by atoms with Gasteiger partial charge in [0.05, 0.1) is 24.5 Å². The van der Waals surface area contributed by atoms with Crippen LogP contribution in [-0.2, 0) is 0 Å².